The zero-order valence-electron chi connectivity index (χ0n) is 16.6. The number of hydrogen-bond acceptors (Lipinski definition) is 4. The van der Waals surface area contributed by atoms with E-state index in [1.165, 1.54) is 12.2 Å². The van der Waals surface area contributed by atoms with Crippen molar-refractivity contribution in [2.45, 2.75) is 60.0 Å². The van der Waals surface area contributed by atoms with Gasteiger partial charge < -0.3 is 4.74 Å². The van der Waals surface area contributed by atoms with Crippen molar-refractivity contribution in [1.29, 1.82) is 5.26 Å². The molecule has 0 amide bonds. The lowest BCUT2D eigenvalue weighted by Gasteiger charge is -2.27. The van der Waals surface area contributed by atoms with Crippen LogP contribution in [0.25, 0.3) is 0 Å². The van der Waals surface area contributed by atoms with Crippen molar-refractivity contribution in [2.24, 2.45) is 10.8 Å². The Morgan fingerprint density at radius 1 is 1.08 bits per heavy atom. The molecule has 0 heterocycles. The van der Waals surface area contributed by atoms with Gasteiger partial charge in [0.1, 0.15) is 5.60 Å². The molecule has 0 aliphatic heterocycles. The van der Waals surface area contributed by atoms with E-state index >= 15 is 0 Å². The maximum absolute atomic E-state index is 12.8. The van der Waals surface area contributed by atoms with Crippen molar-refractivity contribution in [3.05, 3.63) is 48.0 Å². The first-order chi connectivity index (χ1) is 11.9. The summed E-state index contributed by atoms with van der Waals surface area (Å²) in [6.45, 7) is 10.7. The molecule has 26 heavy (non-hydrogen) atoms. The highest BCUT2D eigenvalue weighted by Gasteiger charge is 2.40. The van der Waals surface area contributed by atoms with Gasteiger partial charge in [0.15, 0.2) is 11.2 Å². The van der Waals surface area contributed by atoms with E-state index in [9.17, 15) is 14.9 Å². The summed E-state index contributed by atoms with van der Waals surface area (Å²) in [5, 5.41) is 9.82. The van der Waals surface area contributed by atoms with E-state index in [4.69, 9.17) is 4.74 Å². The van der Waals surface area contributed by atoms with E-state index in [0.717, 1.165) is 5.56 Å². The first-order valence-electron chi connectivity index (χ1n) is 8.82. The van der Waals surface area contributed by atoms with Crippen LogP contribution in [0.5, 0.6) is 0 Å². The molecule has 1 rings (SSSR count). The Bertz CT molecular complexity index is 700. The van der Waals surface area contributed by atoms with Gasteiger partial charge in [-0.25, -0.2) is 4.79 Å². The molecule has 0 aromatic heterocycles. The summed E-state index contributed by atoms with van der Waals surface area (Å²) >= 11 is 0. The fourth-order valence-corrected chi connectivity index (χ4v) is 2.22. The number of rotatable bonds is 6. The summed E-state index contributed by atoms with van der Waals surface area (Å²) in [5.74, 6) is -0.762. The van der Waals surface area contributed by atoms with Gasteiger partial charge in [-0.3, -0.25) is 4.79 Å². The van der Waals surface area contributed by atoms with Crippen molar-refractivity contribution >= 4 is 11.8 Å². The molecule has 1 aromatic carbocycles. The van der Waals surface area contributed by atoms with Crippen LogP contribution in [0.3, 0.4) is 0 Å². The maximum Gasteiger partial charge on any atom is 0.331 e. The van der Waals surface area contributed by atoms with Crippen molar-refractivity contribution in [2.75, 3.05) is 0 Å². The fraction of sp³-hybridized carbons (Fsp3) is 0.500. The number of ether oxygens (including phenoxy) is 1. The topological polar surface area (TPSA) is 67.2 Å². The quantitative estimate of drug-likeness (QED) is 0.550. The molecule has 0 aliphatic carbocycles. The van der Waals surface area contributed by atoms with Crippen LogP contribution >= 0.6 is 0 Å². The van der Waals surface area contributed by atoms with Gasteiger partial charge in [-0.1, -0.05) is 51.1 Å². The van der Waals surface area contributed by atoms with Gasteiger partial charge in [0.25, 0.3) is 0 Å². The van der Waals surface area contributed by atoms with E-state index in [1.807, 2.05) is 30.3 Å². The highest BCUT2D eigenvalue weighted by atomic mass is 16.6. The van der Waals surface area contributed by atoms with E-state index in [-0.39, 0.29) is 12.2 Å². The molecule has 140 valence electrons. The van der Waals surface area contributed by atoms with Crippen molar-refractivity contribution < 1.29 is 14.3 Å². The number of nitriles is 1. The molecule has 0 unspecified atom stereocenters. The highest BCUT2D eigenvalue weighted by molar-refractivity contribution is 5.95. The molecule has 0 fully saturated rings. The van der Waals surface area contributed by atoms with Crippen LogP contribution in [0.15, 0.2) is 42.5 Å². The van der Waals surface area contributed by atoms with E-state index in [1.54, 1.807) is 41.5 Å². The largest absolute Gasteiger partial charge is 0.459 e. The summed E-state index contributed by atoms with van der Waals surface area (Å²) in [5.41, 5.74) is -1.77. The van der Waals surface area contributed by atoms with Crippen molar-refractivity contribution in [3.8, 4) is 6.07 Å². The Morgan fingerprint density at radius 2 is 1.65 bits per heavy atom. The van der Waals surface area contributed by atoms with Gasteiger partial charge in [0.05, 0.1) is 6.07 Å². The van der Waals surface area contributed by atoms with Gasteiger partial charge in [0.2, 0.25) is 0 Å². The summed E-state index contributed by atoms with van der Waals surface area (Å²) in [4.78, 5) is 25.0. The molecule has 4 heteroatoms. The highest BCUT2D eigenvalue weighted by Crippen LogP contribution is 2.30. The summed E-state index contributed by atoms with van der Waals surface area (Å²) < 4.78 is 5.48. The standard InChI is InChI=1S/C22H29NO3/c1-20(2,3)18(24)13-15-22(16-23,19(25)26-21(4,5)6)14-12-17-10-8-7-9-11-17/h7-11,13,15H,12,14H2,1-6H3/b15-13+/t22-/m1/s1. The monoisotopic (exact) mass is 355 g/mol. The number of esters is 1. The number of ketones is 1. The number of hydrogen-bond donors (Lipinski definition) is 0. The molecule has 1 aromatic rings. The molecule has 0 bridgehead atoms. The van der Waals surface area contributed by atoms with Crippen LogP contribution in [0, 0.1) is 22.2 Å². The summed E-state index contributed by atoms with van der Waals surface area (Å²) in [7, 11) is 0. The second-order valence-corrected chi connectivity index (χ2v) is 8.52. The lowest BCUT2D eigenvalue weighted by Crippen LogP contribution is -2.36. The lowest BCUT2D eigenvalue weighted by molar-refractivity contribution is -0.161. The van der Waals surface area contributed by atoms with Gasteiger partial charge in [-0.15, -0.1) is 0 Å². The van der Waals surface area contributed by atoms with Crippen LogP contribution in [-0.4, -0.2) is 17.4 Å². The third-order valence-electron chi connectivity index (χ3n) is 3.87. The smallest absolute Gasteiger partial charge is 0.331 e. The zero-order chi connectivity index (χ0) is 20.0. The Kier molecular flexibility index (Phi) is 6.92. The van der Waals surface area contributed by atoms with Crippen LogP contribution in [0.2, 0.25) is 0 Å². The third kappa shape index (κ3) is 6.48. The minimum atomic E-state index is -1.50. The average molecular weight is 355 g/mol. The Hall–Kier alpha value is -2.41. The molecule has 4 nitrogen and oxygen atoms in total. The Labute approximate surface area is 156 Å². The third-order valence-corrected chi connectivity index (χ3v) is 3.87. The van der Waals surface area contributed by atoms with Gasteiger partial charge >= 0.3 is 5.97 Å². The van der Waals surface area contributed by atoms with Gasteiger partial charge in [0, 0.05) is 5.41 Å². The molecule has 0 aliphatic rings. The van der Waals surface area contributed by atoms with Gasteiger partial charge in [-0.05, 0) is 51.3 Å². The molecule has 0 spiro atoms. The van der Waals surface area contributed by atoms with Crippen LogP contribution in [0.1, 0.15) is 53.5 Å². The lowest BCUT2D eigenvalue weighted by atomic mass is 9.81. The first kappa shape index (κ1) is 21.6. The number of carbonyl (C=O) groups is 2. The van der Waals surface area contributed by atoms with E-state index < -0.39 is 22.4 Å². The number of aryl methyl sites for hydroxylation is 1. The molecular formula is C22H29NO3. The maximum atomic E-state index is 12.8. The number of allylic oxidation sites excluding steroid dienone is 1. The molecule has 0 saturated carbocycles. The average Bonchev–Trinajstić information content (AvgIpc) is 2.53. The molecule has 1 atom stereocenters. The van der Waals surface area contributed by atoms with Crippen LogP contribution in [-0.2, 0) is 20.7 Å². The molecule has 0 saturated heterocycles. The second kappa shape index (κ2) is 8.31. The van der Waals surface area contributed by atoms with Crippen LogP contribution in [0.4, 0.5) is 0 Å². The minimum Gasteiger partial charge on any atom is -0.459 e. The van der Waals surface area contributed by atoms with E-state index in [2.05, 4.69) is 6.07 Å². The van der Waals surface area contributed by atoms with Crippen molar-refractivity contribution in [1.82, 2.24) is 0 Å². The minimum absolute atomic E-state index is 0.139. The predicted molar refractivity (Wildman–Crippen MR) is 102 cm³/mol. The Morgan fingerprint density at radius 3 is 2.12 bits per heavy atom. The predicted octanol–water partition coefficient (Wildman–Crippen LogP) is 4.64. The number of benzene rings is 1. The van der Waals surface area contributed by atoms with Crippen LogP contribution < -0.4 is 0 Å². The second-order valence-electron chi connectivity index (χ2n) is 8.52. The molecular weight excluding hydrogens is 326 g/mol. The SMILES string of the molecule is CC(C)(C)OC(=O)[C@@](C#N)(/C=C/C(=O)C(C)(C)C)CCc1ccccc1. The molecule has 0 N–H and O–H groups in total. The Balaban J connectivity index is 3.16. The summed E-state index contributed by atoms with van der Waals surface area (Å²) in [6.07, 6.45) is 3.54. The van der Waals surface area contributed by atoms with Crippen molar-refractivity contribution in [3.63, 3.8) is 0 Å². The summed E-state index contributed by atoms with van der Waals surface area (Å²) in [6, 6.07) is 11.7. The number of nitrogens with zero attached hydrogens (tertiary/aromatic N) is 1. The van der Waals surface area contributed by atoms with Gasteiger partial charge in [-0.2, -0.15) is 5.26 Å². The molecule has 0 radical (unpaired) electrons. The number of carbonyl (C=O) groups excluding carboxylic acids is 2. The normalized spacial score (nSPS) is 14.5. The fourth-order valence-electron chi connectivity index (χ4n) is 2.22. The zero-order valence-corrected chi connectivity index (χ0v) is 16.6. The van der Waals surface area contributed by atoms with E-state index in [0.29, 0.717) is 6.42 Å². The first-order valence-corrected chi connectivity index (χ1v) is 8.82.